The highest BCUT2D eigenvalue weighted by Crippen LogP contribution is 2.44. The maximum absolute atomic E-state index is 12.4. The van der Waals surface area contributed by atoms with Gasteiger partial charge in [-0.25, -0.2) is 4.79 Å². The Morgan fingerprint density at radius 1 is 1.33 bits per heavy atom. The smallest absolute Gasteiger partial charge is 0.328 e. The van der Waals surface area contributed by atoms with E-state index in [1.165, 1.54) is 31.5 Å². The zero-order chi connectivity index (χ0) is 14.8. The molecule has 2 N–H and O–H groups in total. The number of hydrogen-bond donors (Lipinski definition) is 2. The fraction of sp³-hybridized carbons (Fsp3) is 0.438. The molecule has 2 bridgehead atoms. The van der Waals surface area contributed by atoms with Crippen molar-refractivity contribution in [2.24, 2.45) is 11.8 Å². The van der Waals surface area contributed by atoms with E-state index in [1.807, 2.05) is 0 Å². The lowest BCUT2D eigenvalue weighted by atomic mass is 9.95. The first-order valence-corrected chi connectivity index (χ1v) is 7.29. The lowest BCUT2D eigenvalue weighted by Gasteiger charge is -2.23. The number of hydrogen-bond acceptors (Lipinski definition) is 3. The molecule has 2 aliphatic carbocycles. The van der Waals surface area contributed by atoms with Crippen LogP contribution in [0.15, 0.2) is 24.5 Å². The van der Waals surface area contributed by atoms with Crippen molar-refractivity contribution in [1.29, 1.82) is 0 Å². The minimum Gasteiger partial charge on any atom is -0.478 e. The summed E-state index contributed by atoms with van der Waals surface area (Å²) in [6, 6.07) is 1.89. The van der Waals surface area contributed by atoms with Gasteiger partial charge in [0.05, 0.1) is 0 Å². The Hall–Kier alpha value is -2.17. The molecule has 2 fully saturated rings. The van der Waals surface area contributed by atoms with Crippen molar-refractivity contribution in [3.05, 3.63) is 35.7 Å². The summed E-state index contributed by atoms with van der Waals surface area (Å²) in [7, 11) is 0. The van der Waals surface area contributed by atoms with Crippen molar-refractivity contribution in [2.75, 3.05) is 0 Å². The third-order valence-electron chi connectivity index (χ3n) is 4.56. The van der Waals surface area contributed by atoms with Crippen molar-refractivity contribution in [3.8, 4) is 0 Å². The number of carbonyl (C=O) groups is 2. The van der Waals surface area contributed by atoms with Gasteiger partial charge in [-0.3, -0.25) is 9.78 Å². The Labute approximate surface area is 123 Å². The first kappa shape index (κ1) is 13.8. The number of pyridine rings is 1. The summed E-state index contributed by atoms with van der Waals surface area (Å²) < 4.78 is 0. The second-order valence-corrected chi connectivity index (χ2v) is 5.89. The van der Waals surface area contributed by atoms with Crippen molar-refractivity contribution in [1.82, 2.24) is 10.3 Å². The average Bonchev–Trinajstić information content (AvgIpc) is 3.08. The zero-order valence-electron chi connectivity index (χ0n) is 11.7. The first-order chi connectivity index (χ1) is 10.1. The van der Waals surface area contributed by atoms with Gasteiger partial charge in [-0.15, -0.1) is 0 Å². The van der Waals surface area contributed by atoms with E-state index in [9.17, 15) is 9.59 Å². The Bertz CT molecular complexity index is 597. The zero-order valence-corrected chi connectivity index (χ0v) is 11.7. The van der Waals surface area contributed by atoms with Crippen LogP contribution in [0.3, 0.4) is 0 Å². The molecule has 1 aromatic heterocycles. The standard InChI is InChI=1S/C16H18N2O3/c19-15(20)4-3-12-9-17-6-5-13(12)16(21)18-14-8-10-1-2-11(14)7-10/h3-6,9-11,14H,1-2,7-8H2,(H,18,21)(H,19,20). The molecule has 110 valence electrons. The molecule has 2 aliphatic rings. The second kappa shape index (κ2) is 5.68. The number of rotatable bonds is 4. The Balaban J connectivity index is 1.74. The average molecular weight is 286 g/mol. The molecule has 2 saturated carbocycles. The summed E-state index contributed by atoms with van der Waals surface area (Å²) in [5, 5.41) is 11.8. The van der Waals surface area contributed by atoms with E-state index in [-0.39, 0.29) is 11.9 Å². The summed E-state index contributed by atoms with van der Waals surface area (Å²) in [5.41, 5.74) is 1.01. The van der Waals surface area contributed by atoms with Crippen LogP contribution in [0.1, 0.15) is 41.6 Å². The van der Waals surface area contributed by atoms with Crippen molar-refractivity contribution in [2.45, 2.75) is 31.7 Å². The van der Waals surface area contributed by atoms with Crippen LogP contribution >= 0.6 is 0 Å². The molecule has 3 atom stereocenters. The molecular formula is C16H18N2O3. The Kier molecular flexibility index (Phi) is 3.73. The maximum Gasteiger partial charge on any atom is 0.328 e. The van der Waals surface area contributed by atoms with Gasteiger partial charge in [0.2, 0.25) is 0 Å². The predicted octanol–water partition coefficient (Wildman–Crippen LogP) is 2.10. The van der Waals surface area contributed by atoms with Crippen molar-refractivity contribution in [3.63, 3.8) is 0 Å². The fourth-order valence-corrected chi connectivity index (χ4v) is 3.57. The van der Waals surface area contributed by atoms with Crippen LogP contribution in [0.5, 0.6) is 0 Å². The number of fused-ring (bicyclic) bond motifs is 2. The molecule has 21 heavy (non-hydrogen) atoms. The monoisotopic (exact) mass is 286 g/mol. The number of aromatic nitrogens is 1. The van der Waals surface area contributed by atoms with E-state index >= 15 is 0 Å². The number of aliphatic carboxylic acids is 1. The Morgan fingerprint density at radius 2 is 2.19 bits per heavy atom. The highest BCUT2D eigenvalue weighted by molar-refractivity contribution is 5.99. The van der Waals surface area contributed by atoms with Crippen molar-refractivity contribution < 1.29 is 14.7 Å². The fourth-order valence-electron chi connectivity index (χ4n) is 3.57. The van der Waals surface area contributed by atoms with E-state index in [0.717, 1.165) is 18.4 Å². The minimum atomic E-state index is -1.04. The van der Waals surface area contributed by atoms with Gasteiger partial charge >= 0.3 is 5.97 Å². The molecule has 0 aromatic carbocycles. The van der Waals surface area contributed by atoms with Gasteiger partial charge < -0.3 is 10.4 Å². The second-order valence-electron chi connectivity index (χ2n) is 5.89. The quantitative estimate of drug-likeness (QED) is 0.831. The summed E-state index contributed by atoms with van der Waals surface area (Å²) >= 11 is 0. The van der Waals surface area contributed by atoms with Crippen LogP contribution in [0.25, 0.3) is 6.08 Å². The van der Waals surface area contributed by atoms with E-state index < -0.39 is 5.97 Å². The number of nitrogens with zero attached hydrogens (tertiary/aromatic N) is 1. The van der Waals surface area contributed by atoms with Gasteiger partial charge in [0.1, 0.15) is 0 Å². The van der Waals surface area contributed by atoms with E-state index in [1.54, 1.807) is 12.3 Å². The summed E-state index contributed by atoms with van der Waals surface area (Å²) in [5.74, 6) is 0.196. The van der Waals surface area contributed by atoms with Gasteiger partial charge in [-0.2, -0.15) is 0 Å². The van der Waals surface area contributed by atoms with Crippen molar-refractivity contribution >= 4 is 18.0 Å². The molecule has 1 amide bonds. The third-order valence-corrected chi connectivity index (χ3v) is 4.56. The minimum absolute atomic E-state index is 0.139. The molecule has 3 unspecified atom stereocenters. The number of carboxylic acids is 1. The van der Waals surface area contributed by atoms with Crippen LogP contribution in [-0.2, 0) is 4.79 Å². The third kappa shape index (κ3) is 2.96. The predicted molar refractivity (Wildman–Crippen MR) is 77.6 cm³/mol. The van der Waals surface area contributed by atoms with Crippen LogP contribution in [0.4, 0.5) is 0 Å². The summed E-state index contributed by atoms with van der Waals surface area (Å²) in [6.45, 7) is 0. The molecule has 0 radical (unpaired) electrons. The molecule has 0 saturated heterocycles. The number of nitrogens with one attached hydrogen (secondary N) is 1. The molecule has 0 spiro atoms. The van der Waals surface area contributed by atoms with E-state index in [2.05, 4.69) is 10.3 Å². The van der Waals surface area contributed by atoms with Gasteiger partial charge in [0.25, 0.3) is 5.91 Å². The normalized spacial score (nSPS) is 27.1. The SMILES string of the molecule is O=C(O)C=Cc1cnccc1C(=O)NC1CC2CCC1C2. The Morgan fingerprint density at radius 3 is 2.86 bits per heavy atom. The lowest BCUT2D eigenvalue weighted by molar-refractivity contribution is -0.131. The van der Waals surface area contributed by atoms with Gasteiger partial charge in [0, 0.05) is 35.6 Å². The van der Waals surface area contributed by atoms with E-state index in [4.69, 9.17) is 5.11 Å². The number of carboxylic acid groups (broad SMARTS) is 1. The highest BCUT2D eigenvalue weighted by atomic mass is 16.4. The van der Waals surface area contributed by atoms with E-state index in [0.29, 0.717) is 17.0 Å². The maximum atomic E-state index is 12.4. The van der Waals surface area contributed by atoms with Gasteiger partial charge in [-0.1, -0.05) is 6.42 Å². The topological polar surface area (TPSA) is 79.3 Å². The molecule has 0 aliphatic heterocycles. The van der Waals surface area contributed by atoms with Crippen LogP contribution in [0, 0.1) is 11.8 Å². The lowest BCUT2D eigenvalue weighted by Crippen LogP contribution is -2.38. The molecule has 5 nitrogen and oxygen atoms in total. The van der Waals surface area contributed by atoms with Crippen LogP contribution < -0.4 is 5.32 Å². The summed E-state index contributed by atoms with van der Waals surface area (Å²) in [6.07, 6.45) is 10.3. The highest BCUT2D eigenvalue weighted by Gasteiger charge is 2.40. The molecule has 1 heterocycles. The van der Waals surface area contributed by atoms with Crippen LogP contribution in [0.2, 0.25) is 0 Å². The molecule has 5 heteroatoms. The summed E-state index contributed by atoms with van der Waals surface area (Å²) in [4.78, 5) is 27.0. The van der Waals surface area contributed by atoms with Gasteiger partial charge in [-0.05, 0) is 43.2 Å². The number of carbonyl (C=O) groups excluding carboxylic acids is 1. The molecular weight excluding hydrogens is 268 g/mol. The number of amides is 1. The molecule has 3 rings (SSSR count). The molecule has 1 aromatic rings. The van der Waals surface area contributed by atoms with Gasteiger partial charge in [0.15, 0.2) is 0 Å². The largest absolute Gasteiger partial charge is 0.478 e. The van der Waals surface area contributed by atoms with Crippen LogP contribution in [-0.4, -0.2) is 28.0 Å². The first-order valence-electron chi connectivity index (χ1n) is 7.29.